The van der Waals surface area contributed by atoms with E-state index in [0.717, 1.165) is 6.42 Å². The lowest BCUT2D eigenvalue weighted by atomic mass is 9.91. The van der Waals surface area contributed by atoms with Gasteiger partial charge in [-0.2, -0.15) is 0 Å². The van der Waals surface area contributed by atoms with E-state index in [1.807, 2.05) is 0 Å². The number of unbranched alkanes of at least 4 members (excludes halogenated alkanes) is 10. The van der Waals surface area contributed by atoms with Crippen LogP contribution in [0, 0.1) is 0 Å². The van der Waals surface area contributed by atoms with Crippen molar-refractivity contribution in [1.82, 2.24) is 0 Å². The Hall–Kier alpha value is -1.56. The topological polar surface area (TPSA) is 0 Å². The van der Waals surface area contributed by atoms with Crippen LogP contribution in [0.4, 0.5) is 0 Å². The van der Waals surface area contributed by atoms with E-state index in [1.165, 1.54) is 101 Å². The van der Waals surface area contributed by atoms with Crippen LogP contribution in [0.25, 0.3) is 11.1 Å². The Morgan fingerprint density at radius 2 is 1.17 bits per heavy atom. The van der Waals surface area contributed by atoms with Crippen molar-refractivity contribution >= 4 is 0 Å². The molecule has 0 saturated carbocycles. The van der Waals surface area contributed by atoms with Gasteiger partial charge in [0.15, 0.2) is 0 Å². The van der Waals surface area contributed by atoms with Gasteiger partial charge in [-0.3, -0.25) is 0 Å². The maximum Gasteiger partial charge on any atom is -0.00106 e. The first-order chi connectivity index (χ1) is 14.3. The molecule has 1 aliphatic rings. The molecule has 0 atom stereocenters. The van der Waals surface area contributed by atoms with Crippen LogP contribution in [-0.2, 0) is 19.3 Å². The first-order valence-corrected chi connectivity index (χ1v) is 12.6. The summed E-state index contributed by atoms with van der Waals surface area (Å²) in [6.07, 6.45) is 20.4. The predicted octanol–water partition coefficient (Wildman–Crippen LogP) is 9.06. The van der Waals surface area contributed by atoms with Gasteiger partial charge in [0.05, 0.1) is 0 Å². The quantitative estimate of drug-likeness (QED) is 0.241. The number of rotatable bonds is 14. The van der Waals surface area contributed by atoms with Gasteiger partial charge in [0.2, 0.25) is 0 Å². The normalized spacial score (nSPS) is 12.2. The summed E-state index contributed by atoms with van der Waals surface area (Å²) in [5, 5.41) is 0. The third-order valence-electron chi connectivity index (χ3n) is 6.75. The molecule has 0 fully saturated rings. The number of hydrogen-bond acceptors (Lipinski definition) is 0. The molecule has 29 heavy (non-hydrogen) atoms. The molecule has 0 radical (unpaired) electrons. The third kappa shape index (κ3) is 6.21. The van der Waals surface area contributed by atoms with E-state index in [4.69, 9.17) is 0 Å². The van der Waals surface area contributed by atoms with Gasteiger partial charge < -0.3 is 0 Å². The fraction of sp³-hybridized carbons (Fsp3) is 0.586. The van der Waals surface area contributed by atoms with Crippen LogP contribution in [-0.4, -0.2) is 0 Å². The highest BCUT2D eigenvalue weighted by Crippen LogP contribution is 2.41. The summed E-state index contributed by atoms with van der Waals surface area (Å²) in [6.45, 7) is 4.60. The van der Waals surface area contributed by atoms with Crippen LogP contribution >= 0.6 is 0 Å². The lowest BCUT2D eigenvalue weighted by Gasteiger charge is -2.14. The van der Waals surface area contributed by atoms with Gasteiger partial charge in [0.1, 0.15) is 0 Å². The van der Waals surface area contributed by atoms with Gasteiger partial charge >= 0.3 is 0 Å². The molecule has 0 saturated heterocycles. The largest absolute Gasteiger partial charge is 0.0654 e. The molecule has 0 N–H and O–H groups in total. The fourth-order valence-electron chi connectivity index (χ4n) is 5.00. The summed E-state index contributed by atoms with van der Waals surface area (Å²) in [6, 6.07) is 14.0. The first kappa shape index (κ1) is 22.1. The molecule has 1 aliphatic carbocycles. The van der Waals surface area contributed by atoms with Crippen molar-refractivity contribution in [2.45, 2.75) is 110 Å². The number of aryl methyl sites for hydroxylation is 2. The molecule has 0 unspecified atom stereocenters. The van der Waals surface area contributed by atoms with Crippen molar-refractivity contribution in [2.75, 3.05) is 0 Å². The smallest absolute Gasteiger partial charge is 0.00106 e. The standard InChI is InChI=1S/C29H42/c1-3-5-7-8-9-10-11-12-13-14-18-25-22-21-24(17-6-4-2)28-23-26-19-15-16-20-27(26)29(25)28/h15-16,19-22H,3-14,17-18,23H2,1-2H3. The van der Waals surface area contributed by atoms with E-state index >= 15 is 0 Å². The second kappa shape index (κ2) is 12.2. The first-order valence-electron chi connectivity index (χ1n) is 12.6. The van der Waals surface area contributed by atoms with E-state index < -0.39 is 0 Å². The van der Waals surface area contributed by atoms with E-state index in [2.05, 4.69) is 50.2 Å². The average Bonchev–Trinajstić information content (AvgIpc) is 3.14. The van der Waals surface area contributed by atoms with Crippen LogP contribution in [0.3, 0.4) is 0 Å². The predicted molar refractivity (Wildman–Crippen MR) is 129 cm³/mol. The molecular weight excluding hydrogens is 348 g/mol. The molecular formula is C29H42. The highest BCUT2D eigenvalue weighted by atomic mass is 14.3. The Kier molecular flexibility index (Phi) is 9.32. The van der Waals surface area contributed by atoms with Crippen molar-refractivity contribution in [2.24, 2.45) is 0 Å². The molecule has 0 spiro atoms. The Bertz CT molecular complexity index is 740. The van der Waals surface area contributed by atoms with Crippen molar-refractivity contribution in [3.05, 3.63) is 58.7 Å². The lowest BCUT2D eigenvalue weighted by Crippen LogP contribution is -1.98. The number of benzene rings is 2. The molecule has 0 aromatic heterocycles. The van der Waals surface area contributed by atoms with E-state index in [0.29, 0.717) is 0 Å². The molecule has 2 aromatic carbocycles. The third-order valence-corrected chi connectivity index (χ3v) is 6.75. The second-order valence-electron chi connectivity index (χ2n) is 9.11. The maximum atomic E-state index is 2.46. The molecule has 0 nitrogen and oxygen atoms in total. The van der Waals surface area contributed by atoms with Crippen molar-refractivity contribution in [3.8, 4) is 11.1 Å². The minimum atomic E-state index is 1.15. The zero-order valence-corrected chi connectivity index (χ0v) is 19.1. The van der Waals surface area contributed by atoms with Gasteiger partial charge in [0, 0.05) is 0 Å². The van der Waals surface area contributed by atoms with Crippen LogP contribution in [0.1, 0.15) is 113 Å². The average molecular weight is 391 g/mol. The SMILES string of the molecule is CCCCCCCCCCCCc1ccc(CCCC)c2c1-c1ccccc1C2. The van der Waals surface area contributed by atoms with Crippen molar-refractivity contribution < 1.29 is 0 Å². The van der Waals surface area contributed by atoms with Gasteiger partial charge in [-0.15, -0.1) is 0 Å². The Morgan fingerprint density at radius 1 is 0.586 bits per heavy atom. The Morgan fingerprint density at radius 3 is 1.90 bits per heavy atom. The van der Waals surface area contributed by atoms with E-state index in [1.54, 1.807) is 22.3 Å². The molecule has 0 bridgehead atoms. The van der Waals surface area contributed by atoms with Gasteiger partial charge in [-0.1, -0.05) is 114 Å². The zero-order valence-electron chi connectivity index (χ0n) is 19.1. The molecule has 0 amide bonds. The van der Waals surface area contributed by atoms with E-state index in [9.17, 15) is 0 Å². The molecule has 0 heterocycles. The summed E-state index contributed by atoms with van der Waals surface area (Å²) in [5.74, 6) is 0. The van der Waals surface area contributed by atoms with Crippen LogP contribution < -0.4 is 0 Å². The highest BCUT2D eigenvalue weighted by molar-refractivity contribution is 5.80. The lowest BCUT2D eigenvalue weighted by molar-refractivity contribution is 0.556. The van der Waals surface area contributed by atoms with Gasteiger partial charge in [-0.25, -0.2) is 0 Å². The number of hydrogen-bond donors (Lipinski definition) is 0. The zero-order chi connectivity index (χ0) is 20.3. The number of fused-ring (bicyclic) bond motifs is 3. The highest BCUT2D eigenvalue weighted by Gasteiger charge is 2.23. The molecule has 0 heteroatoms. The van der Waals surface area contributed by atoms with Gasteiger partial charge in [0.25, 0.3) is 0 Å². The molecule has 3 rings (SSSR count). The van der Waals surface area contributed by atoms with Crippen molar-refractivity contribution in [3.63, 3.8) is 0 Å². The monoisotopic (exact) mass is 390 g/mol. The Balaban J connectivity index is 1.52. The van der Waals surface area contributed by atoms with Crippen molar-refractivity contribution in [1.29, 1.82) is 0 Å². The molecule has 158 valence electrons. The fourth-order valence-corrected chi connectivity index (χ4v) is 5.00. The summed E-state index contributed by atoms with van der Waals surface area (Å²) in [4.78, 5) is 0. The summed E-state index contributed by atoms with van der Waals surface area (Å²) in [5.41, 5.74) is 9.50. The Labute approximate surface area is 180 Å². The molecule has 0 aliphatic heterocycles. The maximum absolute atomic E-state index is 2.46. The summed E-state index contributed by atoms with van der Waals surface area (Å²) >= 11 is 0. The minimum absolute atomic E-state index is 1.15. The summed E-state index contributed by atoms with van der Waals surface area (Å²) in [7, 11) is 0. The van der Waals surface area contributed by atoms with Crippen LogP contribution in [0.5, 0.6) is 0 Å². The second-order valence-corrected chi connectivity index (χ2v) is 9.11. The summed E-state index contributed by atoms with van der Waals surface area (Å²) < 4.78 is 0. The molecule has 2 aromatic rings. The van der Waals surface area contributed by atoms with Crippen LogP contribution in [0.15, 0.2) is 36.4 Å². The minimum Gasteiger partial charge on any atom is -0.0654 e. The van der Waals surface area contributed by atoms with Crippen LogP contribution in [0.2, 0.25) is 0 Å². The van der Waals surface area contributed by atoms with E-state index in [-0.39, 0.29) is 0 Å². The van der Waals surface area contributed by atoms with Gasteiger partial charge in [-0.05, 0) is 65.5 Å².